The highest BCUT2D eigenvalue weighted by Gasteiger charge is 2.23. The second-order valence-electron chi connectivity index (χ2n) is 15.1. The van der Waals surface area contributed by atoms with Crippen molar-refractivity contribution < 1.29 is 0 Å². The summed E-state index contributed by atoms with van der Waals surface area (Å²) in [5.41, 5.74) is 10.2. The summed E-state index contributed by atoms with van der Waals surface area (Å²) in [5, 5.41) is 15.4. The molecule has 0 radical (unpaired) electrons. The highest BCUT2D eigenvalue weighted by molar-refractivity contribution is 7.26. The lowest BCUT2D eigenvalue weighted by molar-refractivity contribution is 1.67. The Morgan fingerprint density at radius 1 is 0.263 bits per heavy atom. The number of hydrogen-bond donors (Lipinski definition) is 0. The third kappa shape index (κ3) is 4.86. The van der Waals surface area contributed by atoms with Gasteiger partial charge in [-0.25, -0.2) is 0 Å². The maximum Gasteiger partial charge on any atom is 0.0434 e. The van der Waals surface area contributed by atoms with Crippen molar-refractivity contribution in [3.63, 3.8) is 0 Å². The average Bonchev–Trinajstić information content (AvgIpc) is 3.67. The molecule has 264 valence electrons. The van der Waals surface area contributed by atoms with E-state index in [-0.39, 0.29) is 0 Å². The van der Waals surface area contributed by atoms with E-state index in [1.54, 1.807) is 0 Å². The third-order valence-electron chi connectivity index (χ3n) is 12.0. The summed E-state index contributed by atoms with van der Waals surface area (Å²) in [7, 11) is 0. The first-order valence-corrected chi connectivity index (χ1v) is 20.5. The van der Waals surface area contributed by atoms with Gasteiger partial charge in [0.2, 0.25) is 0 Å². The Bertz CT molecular complexity index is 3460. The summed E-state index contributed by atoms with van der Waals surface area (Å²) in [4.78, 5) is 0. The van der Waals surface area contributed by atoms with Gasteiger partial charge in [-0.15, -0.1) is 11.3 Å². The highest BCUT2D eigenvalue weighted by Crippen LogP contribution is 2.51. The van der Waals surface area contributed by atoms with Crippen LogP contribution in [0.2, 0.25) is 0 Å². The average molecular weight is 739 g/mol. The number of fused-ring (bicyclic) bond motifs is 8. The number of benzene rings is 11. The van der Waals surface area contributed by atoms with E-state index in [0.29, 0.717) is 0 Å². The topological polar surface area (TPSA) is 0 Å². The molecule has 11 aromatic carbocycles. The molecule has 0 aliphatic rings. The minimum atomic E-state index is 1.24. The first-order chi connectivity index (χ1) is 28.3. The molecule has 0 unspecified atom stereocenters. The molecule has 0 saturated heterocycles. The molecule has 0 N–H and O–H groups in total. The van der Waals surface area contributed by atoms with Crippen LogP contribution in [0.5, 0.6) is 0 Å². The molecular weight excluding hydrogens is 705 g/mol. The van der Waals surface area contributed by atoms with Crippen LogP contribution in [0.1, 0.15) is 0 Å². The minimum Gasteiger partial charge on any atom is -0.135 e. The molecule has 12 rings (SSSR count). The Kier molecular flexibility index (Phi) is 7.20. The summed E-state index contributed by atoms with van der Waals surface area (Å²) >= 11 is 1.92. The van der Waals surface area contributed by atoms with Crippen LogP contribution in [0.15, 0.2) is 206 Å². The third-order valence-corrected chi connectivity index (χ3v) is 13.2. The summed E-state index contributed by atoms with van der Waals surface area (Å²) in [6.07, 6.45) is 0. The fraction of sp³-hybridized carbons (Fsp3) is 0. The van der Waals surface area contributed by atoms with Gasteiger partial charge >= 0.3 is 0 Å². The molecule has 1 heteroatoms. The van der Waals surface area contributed by atoms with E-state index in [9.17, 15) is 0 Å². The molecule has 0 aliphatic heterocycles. The van der Waals surface area contributed by atoms with E-state index in [1.165, 1.54) is 119 Å². The molecule has 0 spiro atoms. The first kappa shape index (κ1) is 32.2. The van der Waals surface area contributed by atoms with Crippen LogP contribution in [0.25, 0.3) is 119 Å². The van der Waals surface area contributed by atoms with Gasteiger partial charge in [-0.1, -0.05) is 194 Å². The van der Waals surface area contributed by atoms with Crippen molar-refractivity contribution in [3.05, 3.63) is 206 Å². The molecule has 57 heavy (non-hydrogen) atoms. The molecule has 1 heterocycles. The Balaban J connectivity index is 1.16. The van der Waals surface area contributed by atoms with E-state index in [4.69, 9.17) is 0 Å². The maximum atomic E-state index is 2.36. The second kappa shape index (κ2) is 12.7. The molecule has 0 bridgehead atoms. The minimum absolute atomic E-state index is 1.24. The predicted octanol–water partition coefficient (Wildman–Crippen LogP) is 16.5. The number of thiophene rings is 1. The smallest absolute Gasteiger partial charge is 0.0434 e. The molecule has 0 amide bonds. The molecule has 0 atom stereocenters. The van der Waals surface area contributed by atoms with Gasteiger partial charge in [0.1, 0.15) is 0 Å². The SMILES string of the molecule is c1ccc(-c2c3ccccc3c(-c3cccc4sc5c(-c6c7ccccc7c(-c7ccc8ccccc8c7)c7ccccc67)cccc5c34)c3ccccc23)cc1. The van der Waals surface area contributed by atoms with Gasteiger partial charge < -0.3 is 0 Å². The zero-order valence-corrected chi connectivity index (χ0v) is 31.9. The largest absolute Gasteiger partial charge is 0.135 e. The van der Waals surface area contributed by atoms with E-state index in [1.807, 2.05) is 11.3 Å². The second-order valence-corrected chi connectivity index (χ2v) is 16.1. The Labute approximate surface area is 334 Å². The van der Waals surface area contributed by atoms with Crippen LogP contribution in [0.3, 0.4) is 0 Å². The van der Waals surface area contributed by atoms with E-state index >= 15 is 0 Å². The molecule has 0 nitrogen and oxygen atoms in total. The molecule has 12 aromatic rings. The van der Waals surface area contributed by atoms with Crippen LogP contribution in [-0.2, 0) is 0 Å². The molecule has 0 saturated carbocycles. The molecule has 0 fully saturated rings. The standard InChI is InChI=1S/C56H34S/c1-2-17-36(18-3-1)51-39-20-6-10-24-43(39)53(44-25-11-7-21-40(44)51)47-28-15-31-50-55(47)49-30-14-29-48(56(49)57-50)54-45-26-12-8-22-41(45)52(42-23-9-13-27-46(42)54)38-33-32-35-16-4-5-19-37(35)34-38/h1-34H. The summed E-state index contributed by atoms with van der Waals surface area (Å²) < 4.78 is 2.62. The fourth-order valence-electron chi connectivity index (χ4n) is 9.66. The van der Waals surface area contributed by atoms with Crippen molar-refractivity contribution in [3.8, 4) is 44.5 Å². The van der Waals surface area contributed by atoms with Crippen LogP contribution in [0, 0.1) is 0 Å². The van der Waals surface area contributed by atoms with Gasteiger partial charge in [-0.2, -0.15) is 0 Å². The summed E-state index contributed by atoms with van der Waals surface area (Å²) in [6.45, 7) is 0. The van der Waals surface area contributed by atoms with Crippen molar-refractivity contribution in [2.24, 2.45) is 0 Å². The van der Waals surface area contributed by atoms with Gasteiger partial charge in [-0.05, 0) is 105 Å². The molecule has 0 aliphatic carbocycles. The van der Waals surface area contributed by atoms with Crippen LogP contribution in [-0.4, -0.2) is 0 Å². The maximum absolute atomic E-state index is 2.36. The van der Waals surface area contributed by atoms with Gasteiger partial charge in [0.15, 0.2) is 0 Å². The van der Waals surface area contributed by atoms with Gasteiger partial charge in [0.05, 0.1) is 0 Å². The fourth-order valence-corrected chi connectivity index (χ4v) is 10.9. The zero-order chi connectivity index (χ0) is 37.5. The lowest BCUT2D eigenvalue weighted by Crippen LogP contribution is -1.91. The van der Waals surface area contributed by atoms with Gasteiger partial charge in [0, 0.05) is 25.7 Å². The van der Waals surface area contributed by atoms with Crippen molar-refractivity contribution in [1.29, 1.82) is 0 Å². The Morgan fingerprint density at radius 2 is 0.702 bits per heavy atom. The van der Waals surface area contributed by atoms with Crippen molar-refractivity contribution in [1.82, 2.24) is 0 Å². The zero-order valence-electron chi connectivity index (χ0n) is 31.0. The lowest BCUT2D eigenvalue weighted by atomic mass is 9.84. The lowest BCUT2D eigenvalue weighted by Gasteiger charge is -2.19. The van der Waals surface area contributed by atoms with E-state index in [2.05, 4.69) is 206 Å². The summed E-state index contributed by atoms with van der Waals surface area (Å²) in [6, 6.07) is 76.4. The normalized spacial score (nSPS) is 11.9. The van der Waals surface area contributed by atoms with Crippen LogP contribution < -0.4 is 0 Å². The van der Waals surface area contributed by atoms with Crippen molar-refractivity contribution in [2.75, 3.05) is 0 Å². The Morgan fingerprint density at radius 3 is 1.30 bits per heavy atom. The van der Waals surface area contributed by atoms with Gasteiger partial charge in [0.25, 0.3) is 0 Å². The number of hydrogen-bond acceptors (Lipinski definition) is 1. The van der Waals surface area contributed by atoms with Crippen molar-refractivity contribution >= 4 is 85.4 Å². The first-order valence-electron chi connectivity index (χ1n) is 19.7. The Hall–Kier alpha value is -7.06. The van der Waals surface area contributed by atoms with Crippen LogP contribution in [0.4, 0.5) is 0 Å². The van der Waals surface area contributed by atoms with Crippen molar-refractivity contribution in [2.45, 2.75) is 0 Å². The molecular formula is C56H34S. The monoisotopic (exact) mass is 738 g/mol. The highest BCUT2D eigenvalue weighted by atomic mass is 32.1. The number of rotatable bonds is 4. The van der Waals surface area contributed by atoms with Crippen LogP contribution >= 0.6 is 11.3 Å². The van der Waals surface area contributed by atoms with E-state index < -0.39 is 0 Å². The molecule has 1 aromatic heterocycles. The van der Waals surface area contributed by atoms with E-state index in [0.717, 1.165) is 0 Å². The quantitative estimate of drug-likeness (QED) is 0.158. The van der Waals surface area contributed by atoms with Gasteiger partial charge in [-0.3, -0.25) is 0 Å². The summed E-state index contributed by atoms with van der Waals surface area (Å²) in [5.74, 6) is 0. The predicted molar refractivity (Wildman–Crippen MR) is 249 cm³/mol.